The van der Waals surface area contributed by atoms with Gasteiger partial charge < -0.3 is 14.2 Å². The predicted molar refractivity (Wildman–Crippen MR) is 75.4 cm³/mol. The summed E-state index contributed by atoms with van der Waals surface area (Å²) in [5.74, 6) is -1.29. The molecule has 0 spiro atoms. The van der Waals surface area contributed by atoms with Gasteiger partial charge in [-0.05, 0) is 17.7 Å². The molecular weight excluding hydrogens is 298 g/mol. The highest BCUT2D eigenvalue weighted by Crippen LogP contribution is 2.21. The Morgan fingerprint density at radius 3 is 2.24 bits per heavy atom. The van der Waals surface area contributed by atoms with Gasteiger partial charge in [0.15, 0.2) is 0 Å². The van der Waals surface area contributed by atoms with E-state index in [-0.39, 0.29) is 18.2 Å². The number of nitrogens with one attached hydrogen (secondary N) is 1. The molecule has 0 radical (unpaired) electrons. The maximum Gasteiger partial charge on any atom is 0.314 e. The Kier molecular flexibility index (Phi) is 5.71. The smallest absolute Gasteiger partial charge is 0.314 e. The molecule has 8 heteroatoms. The van der Waals surface area contributed by atoms with Crippen LogP contribution in [0.15, 0.2) is 24.3 Å². The standard InChI is InChI=1S/C13H17NO6S/c1-9(15)14-8-12(13(16)19-2)10-4-6-11(7-5-10)20-21(3,17)18/h4-7,12H,8H2,1-3H3,(H,14,15). The number of carbonyl (C=O) groups excluding carboxylic acids is 2. The van der Waals surface area contributed by atoms with E-state index in [4.69, 9.17) is 8.92 Å². The first-order valence-electron chi connectivity index (χ1n) is 6.04. The van der Waals surface area contributed by atoms with Crippen LogP contribution in [0.4, 0.5) is 0 Å². The van der Waals surface area contributed by atoms with Gasteiger partial charge in [0, 0.05) is 13.5 Å². The average Bonchev–Trinajstić information content (AvgIpc) is 2.38. The minimum Gasteiger partial charge on any atom is -0.468 e. The molecule has 1 rings (SSSR count). The second-order valence-corrected chi connectivity index (χ2v) is 5.94. The molecule has 0 fully saturated rings. The van der Waals surface area contributed by atoms with Gasteiger partial charge in [-0.2, -0.15) is 8.42 Å². The number of rotatable bonds is 6. The zero-order chi connectivity index (χ0) is 16.0. The third-order valence-corrected chi connectivity index (χ3v) is 3.07. The Hall–Kier alpha value is -2.09. The number of methoxy groups -OCH3 is 1. The van der Waals surface area contributed by atoms with E-state index < -0.39 is 22.0 Å². The molecule has 1 amide bonds. The zero-order valence-electron chi connectivity index (χ0n) is 12.0. The van der Waals surface area contributed by atoms with Crippen molar-refractivity contribution in [3.8, 4) is 5.75 Å². The Balaban J connectivity index is 2.92. The van der Waals surface area contributed by atoms with E-state index in [1.165, 1.54) is 26.2 Å². The highest BCUT2D eigenvalue weighted by molar-refractivity contribution is 7.86. The SMILES string of the molecule is COC(=O)C(CNC(C)=O)c1ccc(OS(C)(=O)=O)cc1. The van der Waals surface area contributed by atoms with Gasteiger partial charge in [-0.25, -0.2) is 0 Å². The molecule has 0 saturated heterocycles. The van der Waals surface area contributed by atoms with Crippen molar-refractivity contribution in [2.75, 3.05) is 19.9 Å². The second-order valence-electron chi connectivity index (χ2n) is 4.37. The minimum atomic E-state index is -3.60. The number of hydrogen-bond donors (Lipinski definition) is 1. The van der Waals surface area contributed by atoms with Gasteiger partial charge in [0.1, 0.15) is 5.75 Å². The number of esters is 1. The third kappa shape index (κ3) is 5.82. The summed E-state index contributed by atoms with van der Waals surface area (Å²) in [5, 5.41) is 2.55. The monoisotopic (exact) mass is 315 g/mol. The Labute approximate surface area is 123 Å². The Morgan fingerprint density at radius 2 is 1.81 bits per heavy atom. The van der Waals surface area contributed by atoms with Crippen molar-refractivity contribution in [1.29, 1.82) is 0 Å². The van der Waals surface area contributed by atoms with Gasteiger partial charge in [-0.15, -0.1) is 0 Å². The molecule has 1 unspecified atom stereocenters. The molecule has 0 aliphatic heterocycles. The molecule has 0 heterocycles. The summed E-state index contributed by atoms with van der Waals surface area (Å²) < 4.78 is 31.4. The summed E-state index contributed by atoms with van der Waals surface area (Å²) in [4.78, 5) is 22.7. The van der Waals surface area contributed by atoms with E-state index in [2.05, 4.69) is 5.32 Å². The normalized spacial score (nSPS) is 12.3. The summed E-state index contributed by atoms with van der Waals surface area (Å²) in [5.41, 5.74) is 0.580. The van der Waals surface area contributed by atoms with E-state index in [1.54, 1.807) is 12.1 Å². The first-order valence-corrected chi connectivity index (χ1v) is 7.86. The maximum atomic E-state index is 11.7. The number of ether oxygens (including phenoxy) is 1. The lowest BCUT2D eigenvalue weighted by molar-refractivity contribution is -0.142. The van der Waals surface area contributed by atoms with Crippen molar-refractivity contribution in [2.45, 2.75) is 12.8 Å². The van der Waals surface area contributed by atoms with E-state index in [0.717, 1.165) is 6.26 Å². The lowest BCUT2D eigenvalue weighted by Crippen LogP contribution is -2.30. The number of benzene rings is 1. The summed E-state index contributed by atoms with van der Waals surface area (Å²) in [7, 11) is -2.35. The molecule has 1 aromatic rings. The number of amides is 1. The van der Waals surface area contributed by atoms with Crippen molar-refractivity contribution in [1.82, 2.24) is 5.32 Å². The van der Waals surface area contributed by atoms with Crippen LogP contribution in [0.1, 0.15) is 18.4 Å². The van der Waals surface area contributed by atoms with Crippen LogP contribution in [0.2, 0.25) is 0 Å². The first kappa shape index (κ1) is 17.0. The van der Waals surface area contributed by atoms with Crippen LogP contribution < -0.4 is 9.50 Å². The van der Waals surface area contributed by atoms with Crippen LogP contribution in [0, 0.1) is 0 Å². The fourth-order valence-electron chi connectivity index (χ4n) is 1.66. The van der Waals surface area contributed by atoms with E-state index in [0.29, 0.717) is 5.56 Å². The van der Waals surface area contributed by atoms with Crippen LogP contribution >= 0.6 is 0 Å². The van der Waals surface area contributed by atoms with Gasteiger partial charge in [-0.1, -0.05) is 12.1 Å². The van der Waals surface area contributed by atoms with Crippen LogP contribution in [0.5, 0.6) is 5.75 Å². The van der Waals surface area contributed by atoms with Gasteiger partial charge in [0.25, 0.3) is 0 Å². The van der Waals surface area contributed by atoms with Gasteiger partial charge >= 0.3 is 16.1 Å². The van der Waals surface area contributed by atoms with Crippen LogP contribution in [-0.2, 0) is 24.4 Å². The highest BCUT2D eigenvalue weighted by Gasteiger charge is 2.22. The van der Waals surface area contributed by atoms with Gasteiger partial charge in [0.2, 0.25) is 5.91 Å². The van der Waals surface area contributed by atoms with Gasteiger partial charge in [0.05, 0.1) is 19.3 Å². The number of hydrogen-bond acceptors (Lipinski definition) is 6. The van der Waals surface area contributed by atoms with Crippen LogP contribution in [0.3, 0.4) is 0 Å². The van der Waals surface area contributed by atoms with Crippen molar-refractivity contribution >= 4 is 22.0 Å². The molecule has 0 aliphatic carbocycles. The molecule has 7 nitrogen and oxygen atoms in total. The summed E-state index contributed by atoms with van der Waals surface area (Å²) in [6.07, 6.45) is 0.939. The lowest BCUT2D eigenvalue weighted by Gasteiger charge is -2.15. The van der Waals surface area contributed by atoms with E-state index in [1.807, 2.05) is 0 Å². The molecule has 116 valence electrons. The average molecular weight is 315 g/mol. The lowest BCUT2D eigenvalue weighted by atomic mass is 9.99. The molecule has 0 saturated carbocycles. The van der Waals surface area contributed by atoms with Gasteiger partial charge in [-0.3, -0.25) is 9.59 Å². The molecule has 0 bridgehead atoms. The van der Waals surface area contributed by atoms with Crippen LogP contribution in [-0.4, -0.2) is 40.2 Å². The topological polar surface area (TPSA) is 98.8 Å². The molecular formula is C13H17NO6S. The van der Waals surface area contributed by atoms with E-state index >= 15 is 0 Å². The predicted octanol–water partition coefficient (Wildman–Crippen LogP) is 0.418. The fourth-order valence-corrected chi connectivity index (χ4v) is 2.12. The van der Waals surface area contributed by atoms with Crippen LogP contribution in [0.25, 0.3) is 0 Å². The first-order chi connectivity index (χ1) is 9.73. The summed E-state index contributed by atoms with van der Waals surface area (Å²) in [6.45, 7) is 1.44. The molecule has 1 atom stereocenters. The van der Waals surface area contributed by atoms with Crippen molar-refractivity contribution in [3.63, 3.8) is 0 Å². The zero-order valence-corrected chi connectivity index (χ0v) is 12.8. The number of carbonyl (C=O) groups is 2. The fraction of sp³-hybridized carbons (Fsp3) is 0.385. The molecule has 1 N–H and O–H groups in total. The van der Waals surface area contributed by atoms with E-state index in [9.17, 15) is 18.0 Å². The van der Waals surface area contributed by atoms with Crippen molar-refractivity contribution in [2.24, 2.45) is 0 Å². The van der Waals surface area contributed by atoms with Crippen molar-refractivity contribution < 1.29 is 26.9 Å². The largest absolute Gasteiger partial charge is 0.468 e. The molecule has 0 aromatic heterocycles. The quantitative estimate of drug-likeness (QED) is 0.603. The third-order valence-electron chi connectivity index (χ3n) is 2.57. The minimum absolute atomic E-state index is 0.0916. The Morgan fingerprint density at radius 1 is 1.24 bits per heavy atom. The molecule has 21 heavy (non-hydrogen) atoms. The second kappa shape index (κ2) is 7.07. The maximum absolute atomic E-state index is 11.7. The molecule has 0 aliphatic rings. The summed E-state index contributed by atoms with van der Waals surface area (Å²) >= 11 is 0. The van der Waals surface area contributed by atoms with Crippen molar-refractivity contribution in [3.05, 3.63) is 29.8 Å². The highest BCUT2D eigenvalue weighted by atomic mass is 32.2. The summed E-state index contributed by atoms with van der Waals surface area (Å²) in [6, 6.07) is 5.95. The Bertz CT molecular complexity index is 608. The molecule has 1 aromatic carbocycles.